The zero-order valence-electron chi connectivity index (χ0n) is 11.4. The monoisotopic (exact) mass is 292 g/mol. The van der Waals surface area contributed by atoms with E-state index in [0.29, 0.717) is 12.1 Å². The highest BCUT2D eigenvalue weighted by molar-refractivity contribution is 5.94. The summed E-state index contributed by atoms with van der Waals surface area (Å²) in [7, 11) is 0. The van der Waals surface area contributed by atoms with Crippen LogP contribution in [0.3, 0.4) is 0 Å². The number of aromatic nitrogens is 1. The standard InChI is InChI=1S/C15H14F2N2O2/c1-2-19(9-10-3-4-13(16)14(17)5-10)15(21)11-6-12(20)8-18-7-11/h3-8,20H,2,9H2,1H3. The van der Waals surface area contributed by atoms with Crippen LogP contribution in [0.1, 0.15) is 22.8 Å². The number of nitrogens with zero attached hydrogens (tertiary/aromatic N) is 2. The lowest BCUT2D eigenvalue weighted by atomic mass is 10.1. The highest BCUT2D eigenvalue weighted by Gasteiger charge is 2.16. The summed E-state index contributed by atoms with van der Waals surface area (Å²) in [5.41, 5.74) is 0.719. The van der Waals surface area contributed by atoms with Crippen molar-refractivity contribution in [2.45, 2.75) is 13.5 Å². The van der Waals surface area contributed by atoms with Gasteiger partial charge in [0, 0.05) is 19.3 Å². The largest absolute Gasteiger partial charge is 0.506 e. The smallest absolute Gasteiger partial charge is 0.255 e. The first-order valence-electron chi connectivity index (χ1n) is 6.38. The Labute approximate surface area is 120 Å². The number of carbonyl (C=O) groups is 1. The maximum Gasteiger partial charge on any atom is 0.255 e. The Kier molecular flexibility index (Phi) is 4.47. The highest BCUT2D eigenvalue weighted by atomic mass is 19.2. The summed E-state index contributed by atoms with van der Waals surface area (Å²) in [4.78, 5) is 17.5. The third kappa shape index (κ3) is 3.53. The molecule has 0 atom stereocenters. The first kappa shape index (κ1) is 14.9. The molecular formula is C15H14F2N2O2. The van der Waals surface area contributed by atoms with E-state index in [0.717, 1.165) is 12.1 Å². The van der Waals surface area contributed by atoms with Gasteiger partial charge in [-0.1, -0.05) is 6.07 Å². The summed E-state index contributed by atoms with van der Waals surface area (Å²) in [5.74, 6) is -2.32. The fourth-order valence-corrected chi connectivity index (χ4v) is 1.91. The van der Waals surface area contributed by atoms with Crippen molar-refractivity contribution >= 4 is 5.91 Å². The molecule has 2 aromatic rings. The predicted octanol–water partition coefficient (Wildman–Crippen LogP) is 2.73. The molecule has 4 nitrogen and oxygen atoms in total. The van der Waals surface area contributed by atoms with Gasteiger partial charge in [-0.15, -0.1) is 0 Å². The molecule has 0 spiro atoms. The summed E-state index contributed by atoms with van der Waals surface area (Å²) < 4.78 is 26.1. The molecule has 0 bridgehead atoms. The fourth-order valence-electron chi connectivity index (χ4n) is 1.91. The lowest BCUT2D eigenvalue weighted by Crippen LogP contribution is -2.30. The number of pyridine rings is 1. The van der Waals surface area contributed by atoms with Gasteiger partial charge in [0.15, 0.2) is 11.6 Å². The van der Waals surface area contributed by atoms with Gasteiger partial charge in [-0.25, -0.2) is 8.78 Å². The van der Waals surface area contributed by atoms with Crippen molar-refractivity contribution in [2.24, 2.45) is 0 Å². The summed E-state index contributed by atoms with van der Waals surface area (Å²) in [6.45, 7) is 2.30. The van der Waals surface area contributed by atoms with Gasteiger partial charge in [0.1, 0.15) is 5.75 Å². The van der Waals surface area contributed by atoms with Crippen molar-refractivity contribution in [1.82, 2.24) is 9.88 Å². The third-order valence-corrected chi connectivity index (χ3v) is 3.00. The van der Waals surface area contributed by atoms with Crippen molar-refractivity contribution in [2.75, 3.05) is 6.54 Å². The molecule has 0 radical (unpaired) electrons. The Balaban J connectivity index is 2.19. The molecule has 0 aliphatic carbocycles. The molecule has 0 unspecified atom stereocenters. The second-order valence-corrected chi connectivity index (χ2v) is 4.50. The van der Waals surface area contributed by atoms with Gasteiger partial charge in [0.25, 0.3) is 5.91 Å². The summed E-state index contributed by atoms with van der Waals surface area (Å²) in [5, 5.41) is 9.35. The molecular weight excluding hydrogens is 278 g/mol. The molecule has 1 N–H and O–H groups in total. The maximum absolute atomic E-state index is 13.2. The van der Waals surface area contributed by atoms with Crippen LogP contribution in [-0.4, -0.2) is 27.4 Å². The minimum Gasteiger partial charge on any atom is -0.506 e. The molecule has 0 saturated carbocycles. The van der Waals surface area contributed by atoms with Crippen molar-refractivity contribution in [3.8, 4) is 5.75 Å². The minimum atomic E-state index is -0.949. The number of carbonyl (C=O) groups excluding carboxylic acids is 1. The molecule has 2 rings (SSSR count). The van der Waals surface area contributed by atoms with Crippen LogP contribution in [0.2, 0.25) is 0 Å². The Bertz CT molecular complexity index is 662. The van der Waals surface area contributed by atoms with Gasteiger partial charge in [0.05, 0.1) is 11.8 Å². The Morgan fingerprint density at radius 3 is 2.62 bits per heavy atom. The summed E-state index contributed by atoms with van der Waals surface area (Å²) in [6, 6.07) is 4.82. The number of halogens is 2. The highest BCUT2D eigenvalue weighted by Crippen LogP contribution is 2.15. The van der Waals surface area contributed by atoms with Crippen LogP contribution in [-0.2, 0) is 6.54 Å². The average Bonchev–Trinajstić information content (AvgIpc) is 2.47. The summed E-state index contributed by atoms with van der Waals surface area (Å²) >= 11 is 0. The quantitative estimate of drug-likeness (QED) is 0.942. The van der Waals surface area contributed by atoms with E-state index in [-0.39, 0.29) is 23.8 Å². The molecule has 0 saturated heterocycles. The van der Waals surface area contributed by atoms with Crippen LogP contribution in [0.25, 0.3) is 0 Å². The number of hydrogen-bond acceptors (Lipinski definition) is 3. The van der Waals surface area contributed by atoms with E-state index in [1.54, 1.807) is 6.92 Å². The Morgan fingerprint density at radius 1 is 1.24 bits per heavy atom. The third-order valence-electron chi connectivity index (χ3n) is 3.00. The second-order valence-electron chi connectivity index (χ2n) is 4.50. The van der Waals surface area contributed by atoms with Gasteiger partial charge >= 0.3 is 0 Å². The number of hydrogen-bond donors (Lipinski definition) is 1. The Morgan fingerprint density at radius 2 is 2.00 bits per heavy atom. The van der Waals surface area contributed by atoms with E-state index in [1.165, 1.54) is 29.4 Å². The molecule has 21 heavy (non-hydrogen) atoms. The topological polar surface area (TPSA) is 53.4 Å². The van der Waals surface area contributed by atoms with Crippen LogP contribution in [0, 0.1) is 11.6 Å². The van der Waals surface area contributed by atoms with Gasteiger partial charge in [-0.2, -0.15) is 0 Å². The van der Waals surface area contributed by atoms with Gasteiger partial charge < -0.3 is 10.0 Å². The second kappa shape index (κ2) is 6.30. The van der Waals surface area contributed by atoms with E-state index in [1.807, 2.05) is 0 Å². The summed E-state index contributed by atoms with van der Waals surface area (Å²) in [6.07, 6.45) is 2.57. The first-order valence-corrected chi connectivity index (χ1v) is 6.38. The van der Waals surface area contributed by atoms with Crippen LogP contribution in [0.5, 0.6) is 5.75 Å². The number of benzene rings is 1. The SMILES string of the molecule is CCN(Cc1ccc(F)c(F)c1)C(=O)c1cncc(O)c1. The molecule has 0 fully saturated rings. The van der Waals surface area contributed by atoms with E-state index < -0.39 is 11.6 Å². The van der Waals surface area contributed by atoms with E-state index in [2.05, 4.69) is 4.98 Å². The molecule has 1 aromatic carbocycles. The van der Waals surface area contributed by atoms with Gasteiger partial charge in [-0.3, -0.25) is 9.78 Å². The molecule has 1 aromatic heterocycles. The molecule has 6 heteroatoms. The number of rotatable bonds is 4. The zero-order valence-corrected chi connectivity index (χ0v) is 11.4. The van der Waals surface area contributed by atoms with Crippen LogP contribution in [0.4, 0.5) is 8.78 Å². The predicted molar refractivity (Wildman–Crippen MR) is 72.7 cm³/mol. The minimum absolute atomic E-state index is 0.107. The maximum atomic E-state index is 13.2. The van der Waals surface area contributed by atoms with Crippen LogP contribution < -0.4 is 0 Å². The van der Waals surface area contributed by atoms with E-state index >= 15 is 0 Å². The molecule has 0 aliphatic rings. The molecule has 1 amide bonds. The van der Waals surface area contributed by atoms with Crippen molar-refractivity contribution in [3.63, 3.8) is 0 Å². The average molecular weight is 292 g/mol. The lowest BCUT2D eigenvalue weighted by molar-refractivity contribution is 0.0751. The normalized spacial score (nSPS) is 10.4. The van der Waals surface area contributed by atoms with E-state index in [4.69, 9.17) is 0 Å². The Hall–Kier alpha value is -2.50. The fraction of sp³-hybridized carbons (Fsp3) is 0.200. The molecule has 1 heterocycles. The van der Waals surface area contributed by atoms with Crippen molar-refractivity contribution < 1.29 is 18.7 Å². The molecule has 0 aliphatic heterocycles. The van der Waals surface area contributed by atoms with E-state index in [9.17, 15) is 18.7 Å². The number of amides is 1. The molecule has 110 valence electrons. The van der Waals surface area contributed by atoms with Crippen LogP contribution >= 0.6 is 0 Å². The lowest BCUT2D eigenvalue weighted by Gasteiger charge is -2.21. The van der Waals surface area contributed by atoms with Gasteiger partial charge in [0.2, 0.25) is 0 Å². The van der Waals surface area contributed by atoms with Gasteiger partial charge in [-0.05, 0) is 30.7 Å². The van der Waals surface area contributed by atoms with Crippen LogP contribution in [0.15, 0.2) is 36.7 Å². The van der Waals surface area contributed by atoms with Crippen molar-refractivity contribution in [3.05, 3.63) is 59.4 Å². The van der Waals surface area contributed by atoms with Crippen molar-refractivity contribution in [1.29, 1.82) is 0 Å². The first-order chi connectivity index (χ1) is 10.0. The zero-order chi connectivity index (χ0) is 15.4. The number of aromatic hydroxyl groups is 1.